The van der Waals surface area contributed by atoms with Gasteiger partial charge >= 0.3 is 0 Å². The Hall–Kier alpha value is -1.10. The average Bonchev–Trinajstić information content (AvgIpc) is 2.61. The van der Waals surface area contributed by atoms with Crippen LogP contribution in [0, 0.1) is 5.92 Å². The van der Waals surface area contributed by atoms with Crippen LogP contribution in [0.1, 0.15) is 56.9 Å². The molecule has 144 valence electrons. The Balaban J connectivity index is 1.60. The topological polar surface area (TPSA) is 52.9 Å². The van der Waals surface area contributed by atoms with Crippen molar-refractivity contribution in [2.75, 3.05) is 20.2 Å². The number of aliphatic hydroxyl groups is 2. The van der Waals surface area contributed by atoms with Crippen LogP contribution in [0.3, 0.4) is 0 Å². The first-order valence-corrected chi connectivity index (χ1v) is 10.4. The molecule has 0 bridgehead atoms. The number of rotatable bonds is 5. The monoisotopic (exact) mass is 359 g/mol. The third-order valence-corrected chi connectivity index (χ3v) is 7.31. The van der Waals surface area contributed by atoms with E-state index in [1.165, 1.54) is 24.8 Å². The minimum absolute atomic E-state index is 0.00413. The maximum atomic E-state index is 11.7. The van der Waals surface area contributed by atoms with Gasteiger partial charge in [-0.15, -0.1) is 0 Å². The molecule has 0 radical (unpaired) electrons. The molecule has 4 heteroatoms. The summed E-state index contributed by atoms with van der Waals surface area (Å²) in [4.78, 5) is 2.49. The van der Waals surface area contributed by atoms with Crippen molar-refractivity contribution >= 4 is 0 Å². The normalized spacial score (nSPS) is 35.6. The van der Waals surface area contributed by atoms with E-state index in [-0.39, 0.29) is 6.04 Å². The summed E-state index contributed by atoms with van der Waals surface area (Å²) in [5.74, 6) is 1.63. The van der Waals surface area contributed by atoms with Gasteiger partial charge in [0.25, 0.3) is 0 Å². The van der Waals surface area contributed by atoms with Gasteiger partial charge in [-0.3, -0.25) is 4.90 Å². The summed E-state index contributed by atoms with van der Waals surface area (Å²) in [6.07, 6.45) is 8.95. The summed E-state index contributed by atoms with van der Waals surface area (Å²) in [6.45, 7) is 1.97. The highest BCUT2D eigenvalue weighted by atomic mass is 16.5. The van der Waals surface area contributed by atoms with E-state index in [0.29, 0.717) is 12.8 Å². The van der Waals surface area contributed by atoms with Gasteiger partial charge in [-0.05, 0) is 62.1 Å². The molecule has 0 amide bonds. The first kappa shape index (κ1) is 18.3. The fraction of sp³-hybridized carbons (Fsp3) is 0.727. The Labute approximate surface area is 157 Å². The van der Waals surface area contributed by atoms with Gasteiger partial charge in [0.05, 0.1) is 12.7 Å². The van der Waals surface area contributed by atoms with Crippen LogP contribution in [-0.4, -0.2) is 52.6 Å². The van der Waals surface area contributed by atoms with Gasteiger partial charge < -0.3 is 14.9 Å². The standard InChI is InChI=1S/C22H33NO3/c1-26-19-9-7-17(8-10-19)15-20-22(25)12-3-2-11-21(22,24)13-14-23(20)16-18-5-4-6-18/h7-10,18,20,24-25H,2-6,11-16H2,1H3/t20-,21?,22?/m0/s1. The van der Waals surface area contributed by atoms with E-state index >= 15 is 0 Å². The highest BCUT2D eigenvalue weighted by Gasteiger charge is 2.59. The van der Waals surface area contributed by atoms with E-state index in [1.807, 2.05) is 12.1 Å². The third kappa shape index (κ3) is 3.17. The van der Waals surface area contributed by atoms with Crippen LogP contribution >= 0.6 is 0 Å². The summed E-state index contributed by atoms with van der Waals surface area (Å²) in [5.41, 5.74) is -0.705. The smallest absolute Gasteiger partial charge is 0.118 e. The zero-order valence-corrected chi connectivity index (χ0v) is 16.0. The molecule has 4 rings (SSSR count). The van der Waals surface area contributed by atoms with Gasteiger partial charge in [0, 0.05) is 19.1 Å². The molecule has 3 atom stereocenters. The van der Waals surface area contributed by atoms with E-state index in [2.05, 4.69) is 17.0 Å². The predicted octanol–water partition coefficient (Wildman–Crippen LogP) is 3.15. The summed E-state index contributed by atoms with van der Waals surface area (Å²) >= 11 is 0. The molecule has 1 heterocycles. The molecule has 2 N–H and O–H groups in total. The lowest BCUT2D eigenvalue weighted by Crippen LogP contribution is -2.72. The van der Waals surface area contributed by atoms with Gasteiger partial charge in [0.2, 0.25) is 0 Å². The fourth-order valence-electron chi connectivity index (χ4n) is 5.37. The van der Waals surface area contributed by atoms with Crippen LogP contribution in [0.25, 0.3) is 0 Å². The van der Waals surface area contributed by atoms with Crippen molar-refractivity contribution in [3.63, 3.8) is 0 Å². The number of nitrogens with zero attached hydrogens (tertiary/aromatic N) is 1. The van der Waals surface area contributed by atoms with Crippen molar-refractivity contribution in [3.05, 3.63) is 29.8 Å². The van der Waals surface area contributed by atoms with E-state index < -0.39 is 11.2 Å². The number of ether oxygens (including phenoxy) is 1. The van der Waals surface area contributed by atoms with E-state index in [1.54, 1.807) is 7.11 Å². The third-order valence-electron chi connectivity index (χ3n) is 7.31. The minimum atomic E-state index is -0.993. The second-order valence-corrected chi connectivity index (χ2v) is 8.77. The summed E-state index contributed by atoms with van der Waals surface area (Å²) in [6, 6.07) is 8.17. The number of piperidine rings is 1. The van der Waals surface area contributed by atoms with Crippen LogP contribution < -0.4 is 4.74 Å². The molecular weight excluding hydrogens is 326 g/mol. The van der Waals surface area contributed by atoms with Crippen LogP contribution in [0.15, 0.2) is 24.3 Å². The molecule has 1 aliphatic heterocycles. The van der Waals surface area contributed by atoms with Crippen molar-refractivity contribution in [2.45, 2.75) is 75.0 Å². The van der Waals surface area contributed by atoms with Crippen molar-refractivity contribution in [1.29, 1.82) is 0 Å². The predicted molar refractivity (Wildman–Crippen MR) is 102 cm³/mol. The SMILES string of the molecule is COc1ccc(C[C@@H]2N(CC3CCC3)CCC3(O)CCCCC23O)cc1. The van der Waals surface area contributed by atoms with Gasteiger partial charge in [-0.2, -0.15) is 0 Å². The molecule has 26 heavy (non-hydrogen) atoms. The average molecular weight is 360 g/mol. The van der Waals surface area contributed by atoms with Crippen LogP contribution in [0.2, 0.25) is 0 Å². The Morgan fingerprint density at radius 2 is 1.77 bits per heavy atom. The lowest BCUT2D eigenvalue weighted by atomic mass is 9.62. The molecule has 1 aromatic rings. The zero-order valence-electron chi connectivity index (χ0n) is 16.0. The number of likely N-dealkylation sites (tertiary alicyclic amines) is 1. The molecule has 0 aromatic heterocycles. The second-order valence-electron chi connectivity index (χ2n) is 8.77. The first-order valence-electron chi connectivity index (χ1n) is 10.4. The van der Waals surface area contributed by atoms with E-state index in [4.69, 9.17) is 4.74 Å². The van der Waals surface area contributed by atoms with Gasteiger partial charge in [-0.25, -0.2) is 0 Å². The molecule has 3 fully saturated rings. The summed E-state index contributed by atoms with van der Waals surface area (Å²) in [7, 11) is 1.68. The maximum absolute atomic E-state index is 11.7. The molecule has 2 aliphatic carbocycles. The molecule has 2 unspecified atom stereocenters. The highest BCUT2D eigenvalue weighted by Crippen LogP contribution is 2.47. The van der Waals surface area contributed by atoms with Gasteiger partial charge in [0.15, 0.2) is 0 Å². The number of benzene rings is 1. The first-order chi connectivity index (χ1) is 12.5. The minimum Gasteiger partial charge on any atom is -0.497 e. The second kappa shape index (κ2) is 7.14. The largest absolute Gasteiger partial charge is 0.497 e. The van der Waals surface area contributed by atoms with Gasteiger partial charge in [0.1, 0.15) is 11.4 Å². The molecule has 3 aliphatic rings. The lowest BCUT2D eigenvalue weighted by molar-refractivity contribution is -0.236. The van der Waals surface area contributed by atoms with Crippen LogP contribution in [-0.2, 0) is 6.42 Å². The Morgan fingerprint density at radius 3 is 2.42 bits per heavy atom. The molecule has 1 aromatic carbocycles. The molecule has 1 saturated heterocycles. The van der Waals surface area contributed by atoms with Crippen LogP contribution in [0.4, 0.5) is 0 Å². The highest BCUT2D eigenvalue weighted by molar-refractivity contribution is 5.29. The molecule has 4 nitrogen and oxygen atoms in total. The zero-order chi connectivity index (χ0) is 18.2. The maximum Gasteiger partial charge on any atom is 0.118 e. The van der Waals surface area contributed by atoms with E-state index in [0.717, 1.165) is 50.4 Å². The van der Waals surface area contributed by atoms with Crippen LogP contribution in [0.5, 0.6) is 5.75 Å². The quantitative estimate of drug-likeness (QED) is 0.848. The fourth-order valence-corrected chi connectivity index (χ4v) is 5.37. The molecule has 2 saturated carbocycles. The van der Waals surface area contributed by atoms with Crippen molar-refractivity contribution < 1.29 is 14.9 Å². The summed E-state index contributed by atoms with van der Waals surface area (Å²) in [5, 5.41) is 23.0. The number of fused-ring (bicyclic) bond motifs is 1. The number of hydrogen-bond donors (Lipinski definition) is 2. The van der Waals surface area contributed by atoms with Crippen molar-refractivity contribution in [3.8, 4) is 5.75 Å². The van der Waals surface area contributed by atoms with Crippen molar-refractivity contribution in [2.24, 2.45) is 5.92 Å². The summed E-state index contributed by atoms with van der Waals surface area (Å²) < 4.78 is 5.28. The number of hydrogen-bond acceptors (Lipinski definition) is 4. The lowest BCUT2D eigenvalue weighted by Gasteiger charge is -2.58. The Bertz CT molecular complexity index is 614. The number of methoxy groups -OCH3 is 1. The molecule has 0 spiro atoms. The van der Waals surface area contributed by atoms with Crippen molar-refractivity contribution in [1.82, 2.24) is 4.90 Å². The Morgan fingerprint density at radius 1 is 1.04 bits per heavy atom. The van der Waals surface area contributed by atoms with Gasteiger partial charge in [-0.1, -0.05) is 31.4 Å². The van der Waals surface area contributed by atoms with E-state index in [9.17, 15) is 10.2 Å². The molecular formula is C22H33NO3. The Kier molecular flexibility index (Phi) is 5.02.